The Balaban J connectivity index is 1.95. The lowest BCUT2D eigenvalue weighted by atomic mass is 10.0. The molecule has 0 atom stereocenters. The second-order valence-corrected chi connectivity index (χ2v) is 8.38. The Labute approximate surface area is 200 Å². The molecule has 1 fully saturated rings. The molecule has 2 aromatic rings. The number of amides is 2. The second kappa shape index (κ2) is 11.1. The summed E-state index contributed by atoms with van der Waals surface area (Å²) in [6.07, 6.45) is 3.73. The first-order chi connectivity index (χ1) is 15.8. The molecule has 0 radical (unpaired) electrons. The summed E-state index contributed by atoms with van der Waals surface area (Å²) in [4.78, 5) is 36.3. The number of halogens is 1. The summed E-state index contributed by atoms with van der Waals surface area (Å²) in [6.45, 7) is 5.58. The van der Waals surface area contributed by atoms with Gasteiger partial charge in [0.05, 0.1) is 11.5 Å². The van der Waals surface area contributed by atoms with Gasteiger partial charge < -0.3 is 14.6 Å². The van der Waals surface area contributed by atoms with Gasteiger partial charge in [-0.2, -0.15) is 0 Å². The van der Waals surface area contributed by atoms with Crippen molar-refractivity contribution < 1.29 is 29.0 Å². The molecule has 1 aliphatic heterocycles. The fourth-order valence-electron chi connectivity index (χ4n) is 3.19. The Hall–Kier alpha value is -3.23. The van der Waals surface area contributed by atoms with Gasteiger partial charge in [0.1, 0.15) is 13.2 Å². The molecule has 1 saturated heterocycles. The van der Waals surface area contributed by atoms with E-state index in [1.54, 1.807) is 24.3 Å². The van der Waals surface area contributed by atoms with Crippen LogP contribution in [-0.2, 0) is 22.6 Å². The highest BCUT2D eigenvalue weighted by atomic mass is 35.5. The van der Waals surface area contributed by atoms with Crippen LogP contribution in [0.5, 0.6) is 11.5 Å². The maximum absolute atomic E-state index is 12.5. The average Bonchev–Trinajstić information content (AvgIpc) is 3.01. The van der Waals surface area contributed by atoms with E-state index in [1.165, 1.54) is 0 Å². The van der Waals surface area contributed by atoms with Crippen molar-refractivity contribution in [3.05, 3.63) is 75.7 Å². The third kappa shape index (κ3) is 5.97. The lowest BCUT2D eigenvalue weighted by molar-refractivity contribution is -0.140. The molecule has 9 heteroatoms. The van der Waals surface area contributed by atoms with E-state index >= 15 is 0 Å². The van der Waals surface area contributed by atoms with Gasteiger partial charge in [0, 0.05) is 16.1 Å². The molecule has 0 unspecified atom stereocenters. The van der Waals surface area contributed by atoms with Crippen LogP contribution in [0.15, 0.2) is 54.0 Å². The highest BCUT2D eigenvalue weighted by Crippen LogP contribution is 2.38. The van der Waals surface area contributed by atoms with Crippen molar-refractivity contribution in [2.45, 2.75) is 20.0 Å². The van der Waals surface area contributed by atoms with E-state index in [-0.39, 0.29) is 11.5 Å². The van der Waals surface area contributed by atoms with Crippen LogP contribution in [0.4, 0.5) is 4.79 Å². The lowest BCUT2D eigenvalue weighted by Gasteiger charge is -2.17. The van der Waals surface area contributed by atoms with Crippen molar-refractivity contribution in [1.29, 1.82) is 0 Å². The van der Waals surface area contributed by atoms with Gasteiger partial charge in [-0.3, -0.25) is 19.3 Å². The number of allylic oxidation sites excluding steroid dienone is 1. The Morgan fingerprint density at radius 2 is 1.97 bits per heavy atom. The topological polar surface area (TPSA) is 93.1 Å². The van der Waals surface area contributed by atoms with Crippen LogP contribution in [0.1, 0.15) is 23.6 Å². The number of rotatable bonds is 10. The maximum atomic E-state index is 12.5. The third-order valence-electron chi connectivity index (χ3n) is 4.61. The molecule has 0 saturated carbocycles. The number of ether oxygens (including phenoxy) is 2. The zero-order valence-electron chi connectivity index (χ0n) is 17.9. The van der Waals surface area contributed by atoms with Crippen LogP contribution >= 0.6 is 23.4 Å². The smallest absolute Gasteiger partial charge is 0.323 e. The van der Waals surface area contributed by atoms with Crippen LogP contribution in [0, 0.1) is 0 Å². The molecule has 2 aromatic carbocycles. The number of carboxylic acids is 1. The zero-order chi connectivity index (χ0) is 24.0. The van der Waals surface area contributed by atoms with E-state index in [0.29, 0.717) is 51.8 Å². The Bertz CT molecular complexity index is 1130. The van der Waals surface area contributed by atoms with Crippen molar-refractivity contribution in [2.75, 3.05) is 13.2 Å². The molecular weight excluding hydrogens is 466 g/mol. The van der Waals surface area contributed by atoms with Crippen molar-refractivity contribution >= 4 is 46.6 Å². The van der Waals surface area contributed by atoms with Crippen LogP contribution in [0.2, 0.25) is 5.02 Å². The normalized spacial score (nSPS) is 14.6. The monoisotopic (exact) mass is 487 g/mol. The van der Waals surface area contributed by atoms with Gasteiger partial charge in [0.25, 0.3) is 11.1 Å². The molecular formula is C24H22ClNO6S. The number of hydrogen-bond acceptors (Lipinski definition) is 6. The summed E-state index contributed by atoms with van der Waals surface area (Å²) in [6, 6.07) is 10.9. The molecule has 1 aliphatic rings. The first-order valence-electron chi connectivity index (χ1n) is 10.1. The molecule has 172 valence electrons. The number of carbonyl (C=O) groups excluding carboxylic acids is 2. The zero-order valence-corrected chi connectivity index (χ0v) is 19.4. The molecule has 7 nitrogen and oxygen atoms in total. The fourth-order valence-corrected chi connectivity index (χ4v) is 4.22. The third-order valence-corrected chi connectivity index (χ3v) is 5.89. The summed E-state index contributed by atoms with van der Waals surface area (Å²) < 4.78 is 11.9. The predicted octanol–water partition coefficient (Wildman–Crippen LogP) is 5.17. The fraction of sp³-hybridized carbons (Fsp3) is 0.208. The summed E-state index contributed by atoms with van der Waals surface area (Å²) in [5.74, 6) is -0.895. The molecule has 1 N–H and O–H groups in total. The van der Waals surface area contributed by atoms with Gasteiger partial charge in [0.15, 0.2) is 11.5 Å². The standard InChI is InChI=1S/C24H22ClNO6S/c1-3-7-16-10-15(12-20-23(29)26(13-21(27)28)24(30)33-20)11-19(31-4-2)22(16)32-14-17-8-5-6-9-18(17)25/h3,5-6,8-12H,1,4,7,13-14H2,2H3,(H,27,28)/b20-12+. The van der Waals surface area contributed by atoms with E-state index in [0.717, 1.165) is 11.1 Å². The van der Waals surface area contributed by atoms with E-state index in [4.69, 9.17) is 26.2 Å². The van der Waals surface area contributed by atoms with Crippen LogP contribution < -0.4 is 9.47 Å². The number of aliphatic carboxylic acids is 1. The Morgan fingerprint density at radius 1 is 1.21 bits per heavy atom. The highest BCUT2D eigenvalue weighted by Gasteiger charge is 2.36. The molecule has 0 aliphatic carbocycles. The Morgan fingerprint density at radius 3 is 2.64 bits per heavy atom. The number of thioether (sulfide) groups is 1. The number of carbonyl (C=O) groups is 3. The maximum Gasteiger partial charge on any atom is 0.323 e. The number of nitrogens with zero attached hydrogens (tertiary/aromatic N) is 1. The van der Waals surface area contributed by atoms with E-state index < -0.39 is 23.7 Å². The predicted molar refractivity (Wildman–Crippen MR) is 128 cm³/mol. The molecule has 33 heavy (non-hydrogen) atoms. The van der Waals surface area contributed by atoms with Crippen molar-refractivity contribution in [2.24, 2.45) is 0 Å². The van der Waals surface area contributed by atoms with E-state index in [1.807, 2.05) is 31.2 Å². The number of carboxylic acid groups (broad SMARTS) is 1. The number of benzene rings is 2. The van der Waals surface area contributed by atoms with Crippen molar-refractivity contribution in [3.8, 4) is 11.5 Å². The van der Waals surface area contributed by atoms with Crippen molar-refractivity contribution in [1.82, 2.24) is 4.90 Å². The van der Waals surface area contributed by atoms with E-state index in [9.17, 15) is 14.4 Å². The lowest BCUT2D eigenvalue weighted by Crippen LogP contribution is -2.33. The van der Waals surface area contributed by atoms with Gasteiger partial charge in [-0.1, -0.05) is 35.9 Å². The van der Waals surface area contributed by atoms with Gasteiger partial charge in [-0.25, -0.2) is 0 Å². The number of imide groups is 1. The van der Waals surface area contributed by atoms with Gasteiger partial charge >= 0.3 is 5.97 Å². The average molecular weight is 488 g/mol. The molecule has 0 bridgehead atoms. The minimum atomic E-state index is -1.26. The van der Waals surface area contributed by atoms with Crippen molar-refractivity contribution in [3.63, 3.8) is 0 Å². The van der Waals surface area contributed by atoms with Crippen LogP contribution in [-0.4, -0.2) is 40.3 Å². The van der Waals surface area contributed by atoms with Gasteiger partial charge in [-0.05, 0) is 54.9 Å². The molecule has 1 heterocycles. The first kappa shape index (κ1) is 24.4. The summed E-state index contributed by atoms with van der Waals surface area (Å²) in [5.41, 5.74) is 2.21. The highest BCUT2D eigenvalue weighted by molar-refractivity contribution is 8.18. The quantitative estimate of drug-likeness (QED) is 0.365. The minimum Gasteiger partial charge on any atom is -0.490 e. The Kier molecular flexibility index (Phi) is 8.19. The molecule has 2 amide bonds. The van der Waals surface area contributed by atoms with Gasteiger partial charge in [-0.15, -0.1) is 6.58 Å². The van der Waals surface area contributed by atoms with E-state index in [2.05, 4.69) is 6.58 Å². The summed E-state index contributed by atoms with van der Waals surface area (Å²) in [7, 11) is 0. The minimum absolute atomic E-state index is 0.137. The first-order valence-corrected chi connectivity index (χ1v) is 11.3. The van der Waals surface area contributed by atoms with Crippen LogP contribution in [0.25, 0.3) is 6.08 Å². The van der Waals surface area contributed by atoms with Gasteiger partial charge in [0.2, 0.25) is 0 Å². The SMILES string of the molecule is C=CCc1cc(/C=C2/SC(=O)N(CC(=O)O)C2=O)cc(OCC)c1OCc1ccccc1Cl. The molecule has 3 rings (SSSR count). The van der Waals surface area contributed by atoms with Crippen LogP contribution in [0.3, 0.4) is 0 Å². The molecule has 0 aromatic heterocycles. The largest absolute Gasteiger partial charge is 0.490 e. The molecule has 0 spiro atoms. The number of hydrogen-bond donors (Lipinski definition) is 1. The summed E-state index contributed by atoms with van der Waals surface area (Å²) in [5, 5.41) is 8.91. The second-order valence-electron chi connectivity index (χ2n) is 6.97. The summed E-state index contributed by atoms with van der Waals surface area (Å²) >= 11 is 6.94.